The van der Waals surface area contributed by atoms with Crippen LogP contribution in [0.25, 0.3) is 0 Å². The molecule has 4 heteroatoms. The summed E-state index contributed by atoms with van der Waals surface area (Å²) in [6, 6.07) is 6.69. The van der Waals surface area contributed by atoms with E-state index in [-0.39, 0.29) is 5.54 Å². The fraction of sp³-hybridized carbons (Fsp3) is 0.643. The van der Waals surface area contributed by atoms with Crippen molar-refractivity contribution in [3.63, 3.8) is 0 Å². The van der Waals surface area contributed by atoms with E-state index < -0.39 is 0 Å². The molecule has 2 heterocycles. The molecule has 1 saturated heterocycles. The van der Waals surface area contributed by atoms with E-state index in [0.717, 1.165) is 39.0 Å². The molecule has 0 unspecified atom stereocenters. The number of likely N-dealkylation sites (tertiary alicyclic amines) is 1. The highest BCUT2D eigenvalue weighted by molar-refractivity contribution is 7.09. The summed E-state index contributed by atoms with van der Waals surface area (Å²) in [4.78, 5) is 3.77. The molecular formula is C14H21N3S. The van der Waals surface area contributed by atoms with Crippen LogP contribution in [0.4, 0.5) is 0 Å². The van der Waals surface area contributed by atoms with Crippen molar-refractivity contribution in [2.45, 2.75) is 38.3 Å². The van der Waals surface area contributed by atoms with Crippen molar-refractivity contribution >= 4 is 11.3 Å². The summed E-state index contributed by atoms with van der Waals surface area (Å²) in [5.74, 6) is 0. The van der Waals surface area contributed by atoms with Gasteiger partial charge >= 0.3 is 0 Å². The molecule has 0 spiro atoms. The molecule has 98 valence electrons. The van der Waals surface area contributed by atoms with Gasteiger partial charge in [0.1, 0.15) is 5.54 Å². The minimum Gasteiger partial charge on any atom is -0.303 e. The van der Waals surface area contributed by atoms with E-state index in [4.69, 9.17) is 0 Å². The summed E-state index contributed by atoms with van der Waals surface area (Å²) in [6.45, 7) is 6.27. The molecule has 0 aliphatic carbocycles. The average molecular weight is 263 g/mol. The lowest BCUT2D eigenvalue weighted by Gasteiger charge is -2.37. The molecule has 0 amide bonds. The summed E-state index contributed by atoms with van der Waals surface area (Å²) < 4.78 is 0. The van der Waals surface area contributed by atoms with Crippen LogP contribution in [0.15, 0.2) is 17.5 Å². The number of hydrogen-bond donors (Lipinski definition) is 1. The normalized spacial score (nSPS) is 19.6. The third-order valence-corrected chi connectivity index (χ3v) is 4.52. The Kier molecular flexibility index (Phi) is 4.76. The van der Waals surface area contributed by atoms with Gasteiger partial charge in [0.2, 0.25) is 0 Å². The highest BCUT2D eigenvalue weighted by Gasteiger charge is 2.33. The SMILES string of the molecule is CCCN1CCC(C#N)(NCc2cccs2)CC1. The molecule has 18 heavy (non-hydrogen) atoms. The molecule has 1 fully saturated rings. The minimum atomic E-state index is -0.311. The fourth-order valence-electron chi connectivity index (χ4n) is 2.47. The van der Waals surface area contributed by atoms with Crippen molar-refractivity contribution in [2.24, 2.45) is 0 Å². The first-order valence-corrected chi connectivity index (χ1v) is 7.57. The molecule has 0 radical (unpaired) electrons. The van der Waals surface area contributed by atoms with E-state index in [1.807, 2.05) is 0 Å². The van der Waals surface area contributed by atoms with Crippen LogP contribution in [-0.2, 0) is 6.54 Å². The Bertz CT molecular complexity index is 386. The van der Waals surface area contributed by atoms with E-state index in [1.54, 1.807) is 11.3 Å². The summed E-state index contributed by atoms with van der Waals surface area (Å²) >= 11 is 1.75. The molecule has 0 aromatic carbocycles. The smallest absolute Gasteiger partial charge is 0.109 e. The van der Waals surface area contributed by atoms with Crippen LogP contribution in [0, 0.1) is 11.3 Å². The van der Waals surface area contributed by atoms with Gasteiger partial charge in [0.15, 0.2) is 0 Å². The van der Waals surface area contributed by atoms with E-state index in [9.17, 15) is 5.26 Å². The third-order valence-electron chi connectivity index (χ3n) is 3.64. The first-order chi connectivity index (χ1) is 8.78. The molecule has 1 aliphatic heterocycles. The lowest BCUT2D eigenvalue weighted by Crippen LogP contribution is -2.52. The second-order valence-electron chi connectivity index (χ2n) is 4.97. The summed E-state index contributed by atoms with van der Waals surface area (Å²) in [6.07, 6.45) is 3.08. The first kappa shape index (κ1) is 13.5. The fourth-order valence-corrected chi connectivity index (χ4v) is 3.12. The van der Waals surface area contributed by atoms with E-state index in [2.05, 4.69) is 40.7 Å². The Labute approximate surface area is 113 Å². The van der Waals surface area contributed by atoms with Crippen LogP contribution in [0.2, 0.25) is 0 Å². The van der Waals surface area contributed by atoms with Crippen molar-refractivity contribution in [3.05, 3.63) is 22.4 Å². The van der Waals surface area contributed by atoms with Gasteiger partial charge in [-0.1, -0.05) is 13.0 Å². The van der Waals surface area contributed by atoms with Gasteiger partial charge in [-0.25, -0.2) is 0 Å². The lowest BCUT2D eigenvalue weighted by atomic mass is 9.89. The maximum Gasteiger partial charge on any atom is 0.109 e. The monoisotopic (exact) mass is 263 g/mol. The van der Waals surface area contributed by atoms with Crippen molar-refractivity contribution in [1.82, 2.24) is 10.2 Å². The predicted octanol–water partition coefficient (Wildman–Crippen LogP) is 2.61. The summed E-state index contributed by atoms with van der Waals surface area (Å²) in [5, 5.41) is 15.0. The molecule has 0 saturated carbocycles. The Balaban J connectivity index is 1.86. The molecule has 0 atom stereocenters. The molecule has 0 bridgehead atoms. The molecule has 3 nitrogen and oxygen atoms in total. The van der Waals surface area contributed by atoms with Gasteiger partial charge in [-0.15, -0.1) is 11.3 Å². The second-order valence-corrected chi connectivity index (χ2v) is 6.00. The Morgan fingerprint density at radius 3 is 2.83 bits per heavy atom. The maximum absolute atomic E-state index is 9.46. The third kappa shape index (κ3) is 3.32. The van der Waals surface area contributed by atoms with E-state index in [0.29, 0.717) is 0 Å². The number of thiophene rings is 1. The largest absolute Gasteiger partial charge is 0.303 e. The second kappa shape index (κ2) is 6.33. The van der Waals surface area contributed by atoms with Gasteiger partial charge in [0.05, 0.1) is 6.07 Å². The molecular weight excluding hydrogens is 242 g/mol. The van der Waals surface area contributed by atoms with Gasteiger partial charge in [-0.3, -0.25) is 5.32 Å². The first-order valence-electron chi connectivity index (χ1n) is 6.69. The van der Waals surface area contributed by atoms with Crippen molar-refractivity contribution in [3.8, 4) is 6.07 Å². The van der Waals surface area contributed by atoms with Gasteiger partial charge in [0, 0.05) is 24.5 Å². The Morgan fingerprint density at radius 2 is 2.28 bits per heavy atom. The number of nitriles is 1. The lowest BCUT2D eigenvalue weighted by molar-refractivity contribution is 0.166. The summed E-state index contributed by atoms with van der Waals surface area (Å²) in [5.41, 5.74) is -0.311. The van der Waals surface area contributed by atoms with Crippen LogP contribution < -0.4 is 5.32 Å². The quantitative estimate of drug-likeness (QED) is 0.887. The topological polar surface area (TPSA) is 39.1 Å². The van der Waals surface area contributed by atoms with Crippen LogP contribution in [0.5, 0.6) is 0 Å². The molecule has 1 aliphatic rings. The predicted molar refractivity (Wildman–Crippen MR) is 75.5 cm³/mol. The van der Waals surface area contributed by atoms with Crippen LogP contribution in [0.1, 0.15) is 31.1 Å². The number of hydrogen-bond acceptors (Lipinski definition) is 4. The zero-order valence-electron chi connectivity index (χ0n) is 11.0. The Morgan fingerprint density at radius 1 is 1.50 bits per heavy atom. The number of rotatable bonds is 5. The number of nitrogens with zero attached hydrogens (tertiary/aromatic N) is 2. The highest BCUT2D eigenvalue weighted by Crippen LogP contribution is 2.23. The maximum atomic E-state index is 9.46. The average Bonchev–Trinajstić information content (AvgIpc) is 2.92. The van der Waals surface area contributed by atoms with Gasteiger partial charge < -0.3 is 4.90 Å². The molecule has 1 aromatic rings. The van der Waals surface area contributed by atoms with Gasteiger partial charge in [0.25, 0.3) is 0 Å². The number of nitrogens with one attached hydrogen (secondary N) is 1. The van der Waals surface area contributed by atoms with Gasteiger partial charge in [-0.2, -0.15) is 5.26 Å². The molecule has 1 aromatic heterocycles. The zero-order chi connectivity index (χ0) is 12.8. The van der Waals surface area contributed by atoms with E-state index in [1.165, 1.54) is 11.3 Å². The molecule has 1 N–H and O–H groups in total. The van der Waals surface area contributed by atoms with E-state index >= 15 is 0 Å². The van der Waals surface area contributed by atoms with Crippen LogP contribution >= 0.6 is 11.3 Å². The standard InChI is InChI=1S/C14H21N3S/c1-2-7-17-8-5-14(12-15,6-9-17)16-11-13-4-3-10-18-13/h3-4,10,16H,2,5-9,11H2,1H3. The van der Waals surface area contributed by atoms with Crippen LogP contribution in [0.3, 0.4) is 0 Å². The number of piperidine rings is 1. The van der Waals surface area contributed by atoms with Gasteiger partial charge in [-0.05, 0) is 37.3 Å². The summed E-state index contributed by atoms with van der Waals surface area (Å²) in [7, 11) is 0. The van der Waals surface area contributed by atoms with Crippen LogP contribution in [-0.4, -0.2) is 30.1 Å². The zero-order valence-corrected chi connectivity index (χ0v) is 11.8. The minimum absolute atomic E-state index is 0.311. The molecule has 2 rings (SSSR count). The van der Waals surface area contributed by atoms with Crippen molar-refractivity contribution in [1.29, 1.82) is 5.26 Å². The Hall–Kier alpha value is -0.890. The van der Waals surface area contributed by atoms with Crippen molar-refractivity contribution in [2.75, 3.05) is 19.6 Å². The highest BCUT2D eigenvalue weighted by atomic mass is 32.1. The van der Waals surface area contributed by atoms with Crippen molar-refractivity contribution < 1.29 is 0 Å².